The molecule has 0 saturated carbocycles. The number of benzene rings is 3. The molecule has 23 nitrogen and oxygen atoms in total. The highest BCUT2D eigenvalue weighted by Gasteiger charge is 2.44. The maximum absolute atomic E-state index is 13.9. The number of ether oxygens (including phenoxy) is 4. The maximum atomic E-state index is 13.9. The van der Waals surface area contributed by atoms with Crippen LogP contribution in [0.1, 0.15) is 126 Å². The van der Waals surface area contributed by atoms with Crippen LogP contribution in [0.3, 0.4) is 0 Å². The summed E-state index contributed by atoms with van der Waals surface area (Å²) >= 11 is 6.19. The Balaban J connectivity index is 0.000000151. The Bertz CT molecular complexity index is 4000. The fraction of sp³-hybridized carbons (Fsp3) is 0.371. The van der Waals surface area contributed by atoms with Gasteiger partial charge in [0.2, 0.25) is 16.3 Å². The topological polar surface area (TPSA) is 271 Å². The van der Waals surface area contributed by atoms with Crippen LogP contribution < -0.4 is 37.0 Å². The summed E-state index contributed by atoms with van der Waals surface area (Å²) < 4.78 is 107. The van der Waals surface area contributed by atoms with E-state index in [0.717, 1.165) is 18.2 Å². The van der Waals surface area contributed by atoms with Crippen LogP contribution in [0.4, 0.5) is 26.3 Å². The van der Waals surface area contributed by atoms with E-state index in [2.05, 4.69) is 16.0 Å². The number of pyridine rings is 3. The highest BCUT2D eigenvalue weighted by molar-refractivity contribution is 6.34. The van der Waals surface area contributed by atoms with Crippen molar-refractivity contribution >= 4 is 47.0 Å². The van der Waals surface area contributed by atoms with E-state index in [-0.39, 0.29) is 120 Å². The van der Waals surface area contributed by atoms with E-state index in [1.807, 2.05) is 20.8 Å². The number of aromatic hydroxyl groups is 1. The van der Waals surface area contributed by atoms with E-state index in [4.69, 9.17) is 30.5 Å². The molecule has 3 aromatic heterocycles. The Labute approximate surface area is 523 Å². The smallest absolute Gasteiger partial charge is 0.276 e. The minimum absolute atomic E-state index is 0.0106. The SMILES string of the molecule is CCOc1c2n(cc(C(=O)NCc3ccc(F)cc3F)c1=O)C[C@@H]1OCC[C@@H](C)N1C2=O.C[C@@H]1CCO[C@H]2Cn3cc(C(=O)NCc4ccc(F)cc4F)c(=O)c(Cl)c3C(=O)N12.C[C@@H]1CCO[C@H]2Cn3cc(C(=O)NCc4ccc(F)cc4F)c(=O)c(O)c3C(=O)N12. The van der Waals surface area contributed by atoms with Crippen molar-refractivity contribution in [2.45, 2.75) is 123 Å². The molecule has 0 radical (unpaired) electrons. The molecule has 0 bridgehead atoms. The van der Waals surface area contributed by atoms with Crippen molar-refractivity contribution in [1.29, 1.82) is 0 Å². The van der Waals surface area contributed by atoms with E-state index in [9.17, 15) is 74.6 Å². The summed E-state index contributed by atoms with van der Waals surface area (Å²) in [5, 5.41) is 17.3. The lowest BCUT2D eigenvalue weighted by molar-refractivity contribution is -0.112. The number of aromatic nitrogens is 3. The lowest BCUT2D eigenvalue weighted by atomic mass is 10.1. The number of hydrogen-bond donors (Lipinski definition) is 4. The van der Waals surface area contributed by atoms with E-state index in [1.165, 1.54) is 55.4 Å². The van der Waals surface area contributed by atoms with E-state index < -0.39 is 117 Å². The first-order valence-corrected chi connectivity index (χ1v) is 29.5. The molecule has 92 heavy (non-hydrogen) atoms. The predicted molar refractivity (Wildman–Crippen MR) is 312 cm³/mol. The van der Waals surface area contributed by atoms with Gasteiger partial charge in [0.25, 0.3) is 35.4 Å². The number of hydrogen-bond acceptors (Lipinski definition) is 14. The van der Waals surface area contributed by atoms with Gasteiger partial charge in [-0.3, -0.25) is 43.2 Å². The van der Waals surface area contributed by atoms with Gasteiger partial charge >= 0.3 is 0 Å². The zero-order valence-electron chi connectivity index (χ0n) is 49.7. The minimum Gasteiger partial charge on any atom is -0.503 e. The summed E-state index contributed by atoms with van der Waals surface area (Å²) in [5.41, 5.74) is -3.41. The summed E-state index contributed by atoms with van der Waals surface area (Å²) in [4.78, 5) is 120. The van der Waals surface area contributed by atoms with Crippen molar-refractivity contribution in [2.24, 2.45) is 0 Å². The monoisotopic (exact) mass is 1300 g/mol. The highest BCUT2D eigenvalue weighted by atomic mass is 35.5. The molecule has 6 aliphatic heterocycles. The summed E-state index contributed by atoms with van der Waals surface area (Å²) in [6, 6.07) is 8.64. The standard InChI is InChI=1S/C22H23F2N3O5.C20H18ClF2N3O4.C20H19F2N3O5/c1-3-31-20-18-22(30)27-12(2)6-7-32-17(27)11-26(18)10-15(19(20)28)21(29)25-9-13-4-5-14(23)8-16(13)24;1-10-4-5-30-15-9-25-8-13(18(27)16(21)17(25)20(29)26(10)15)19(28)24-7-11-2-3-12(22)6-14(11)23;1-10-4-5-30-15-9-24-8-13(17(26)18(27)16(24)20(29)25(10)15)19(28)23-7-11-2-3-12(21)6-14(11)22/h4-5,8,10,12,17H,3,6-7,9,11H2,1-2H3,(H,25,29);2-3,6,8,10,15H,4-5,7,9H2,1H3,(H,24,28);2-3,6,8,10,15,27H,4-5,7,9H2,1H3,(H,23,28)/t12-,17+;2*10-,15+/m111/s1. The van der Waals surface area contributed by atoms with Crippen LogP contribution in [0, 0.1) is 34.9 Å². The lowest BCUT2D eigenvalue weighted by Gasteiger charge is -2.44. The number of halogens is 7. The number of rotatable bonds is 11. The first kappa shape index (κ1) is 65.6. The molecular formula is C62H60ClF6N9O14. The van der Waals surface area contributed by atoms with Gasteiger partial charge in [0.1, 0.15) is 62.3 Å². The van der Waals surface area contributed by atoms with Gasteiger partial charge in [-0.15, -0.1) is 0 Å². The predicted octanol–water partition coefficient (Wildman–Crippen LogP) is 5.70. The van der Waals surface area contributed by atoms with E-state index in [1.54, 1.807) is 16.7 Å². The molecule has 0 aliphatic carbocycles. The molecule has 30 heteroatoms. The van der Waals surface area contributed by atoms with Crippen molar-refractivity contribution in [2.75, 3.05) is 26.4 Å². The molecule has 12 rings (SSSR count). The Hall–Kier alpha value is -9.32. The number of nitrogens with one attached hydrogen (secondary N) is 3. The molecule has 0 spiro atoms. The van der Waals surface area contributed by atoms with Crippen LogP contribution in [-0.4, -0.2) is 132 Å². The van der Waals surface area contributed by atoms with Gasteiger partial charge in [-0.2, -0.15) is 0 Å². The molecule has 4 N–H and O–H groups in total. The molecule has 486 valence electrons. The van der Waals surface area contributed by atoms with Gasteiger partial charge in [-0.1, -0.05) is 29.8 Å². The second-order valence-corrected chi connectivity index (χ2v) is 22.7. The van der Waals surface area contributed by atoms with Gasteiger partial charge in [0.05, 0.1) is 46.1 Å². The summed E-state index contributed by atoms with van der Waals surface area (Å²) in [6.07, 6.45) is 4.13. The van der Waals surface area contributed by atoms with Crippen molar-refractivity contribution in [3.05, 3.63) is 194 Å². The first-order valence-electron chi connectivity index (χ1n) is 29.2. The van der Waals surface area contributed by atoms with Gasteiger partial charge in [0.15, 0.2) is 41.6 Å². The summed E-state index contributed by atoms with van der Waals surface area (Å²) in [6.45, 7) is 8.74. The lowest BCUT2D eigenvalue weighted by Crippen LogP contribution is -2.57. The number of carbonyl (C=O) groups excluding carboxylic acids is 6. The number of fused-ring (bicyclic) bond motifs is 6. The second-order valence-electron chi connectivity index (χ2n) is 22.3. The third-order valence-electron chi connectivity index (χ3n) is 16.4. The molecule has 6 atom stereocenters. The van der Waals surface area contributed by atoms with Crippen molar-refractivity contribution in [3.63, 3.8) is 0 Å². The zero-order chi connectivity index (χ0) is 66.1. The number of carbonyl (C=O) groups is 6. The average Bonchev–Trinajstić information content (AvgIpc) is 0.764. The molecule has 3 saturated heterocycles. The molecular weight excluding hydrogens is 1240 g/mol. The van der Waals surface area contributed by atoms with Crippen molar-refractivity contribution < 1.29 is 79.2 Å². The molecule has 6 aliphatic rings. The zero-order valence-corrected chi connectivity index (χ0v) is 50.4. The minimum atomic E-state index is -1.00. The van der Waals surface area contributed by atoms with Crippen molar-refractivity contribution in [1.82, 2.24) is 44.4 Å². The van der Waals surface area contributed by atoms with Gasteiger partial charge in [-0.05, 0) is 65.2 Å². The van der Waals surface area contributed by atoms with Gasteiger partial charge < -0.3 is 68.4 Å². The van der Waals surface area contributed by atoms with Crippen LogP contribution in [0.15, 0.2) is 87.6 Å². The maximum Gasteiger partial charge on any atom is 0.276 e. The molecule has 6 amide bonds. The Kier molecular flexibility index (Phi) is 19.4. The van der Waals surface area contributed by atoms with Crippen LogP contribution >= 0.6 is 11.6 Å². The van der Waals surface area contributed by atoms with Crippen molar-refractivity contribution in [3.8, 4) is 11.5 Å². The van der Waals surface area contributed by atoms with Crippen LogP contribution in [0.25, 0.3) is 0 Å². The van der Waals surface area contributed by atoms with Gasteiger partial charge in [0, 0.05) is 91.2 Å². The van der Waals surface area contributed by atoms with E-state index in [0.29, 0.717) is 57.3 Å². The first-order chi connectivity index (χ1) is 43.9. The Morgan fingerprint density at radius 1 is 0.522 bits per heavy atom. The third kappa shape index (κ3) is 13.1. The second kappa shape index (κ2) is 27.3. The van der Waals surface area contributed by atoms with Crippen LogP contribution in [0.5, 0.6) is 11.5 Å². The van der Waals surface area contributed by atoms with E-state index >= 15 is 0 Å². The Morgan fingerprint density at radius 2 is 0.859 bits per heavy atom. The Morgan fingerprint density at radius 3 is 1.24 bits per heavy atom. The van der Waals surface area contributed by atoms with Crippen LogP contribution in [-0.2, 0) is 53.5 Å². The largest absolute Gasteiger partial charge is 0.503 e. The molecule has 6 aromatic rings. The summed E-state index contributed by atoms with van der Waals surface area (Å²) in [7, 11) is 0. The normalized spacial score (nSPS) is 20.3. The highest BCUT2D eigenvalue weighted by Crippen LogP contribution is 2.33. The van der Waals surface area contributed by atoms with Crippen LogP contribution in [0.2, 0.25) is 5.02 Å². The fourth-order valence-electron chi connectivity index (χ4n) is 11.5. The third-order valence-corrected chi connectivity index (χ3v) is 16.7. The number of nitrogens with zero attached hydrogens (tertiary/aromatic N) is 6. The number of amides is 6. The quantitative estimate of drug-likeness (QED) is 0.113. The summed E-state index contributed by atoms with van der Waals surface area (Å²) in [5.74, 6) is -9.48. The fourth-order valence-corrected chi connectivity index (χ4v) is 11.8. The molecule has 9 heterocycles. The average molecular weight is 1300 g/mol. The molecule has 3 fully saturated rings. The molecule has 3 aromatic carbocycles. The molecule has 0 unspecified atom stereocenters. The van der Waals surface area contributed by atoms with Gasteiger partial charge in [-0.25, -0.2) is 26.3 Å².